The van der Waals surface area contributed by atoms with Crippen LogP contribution in [0.15, 0.2) is 23.2 Å². The summed E-state index contributed by atoms with van der Waals surface area (Å²) in [5.74, 6) is 1.62. The van der Waals surface area contributed by atoms with Crippen LogP contribution in [-0.4, -0.2) is 43.6 Å². The molecule has 1 fully saturated rings. The number of aromatic nitrogens is 4. The third-order valence-electron chi connectivity index (χ3n) is 4.46. The molecule has 0 N–H and O–H groups in total. The number of aryl methyl sites for hydroxylation is 2. The molecule has 0 radical (unpaired) electrons. The summed E-state index contributed by atoms with van der Waals surface area (Å²) in [5.41, 5.74) is 0. The summed E-state index contributed by atoms with van der Waals surface area (Å²) in [6, 6.07) is 0.345. The molecular formula is C17H25N5O2. The van der Waals surface area contributed by atoms with Crippen molar-refractivity contribution < 1.29 is 9.32 Å². The zero-order chi connectivity index (χ0) is 16.8. The second-order valence-corrected chi connectivity index (χ2v) is 6.35. The van der Waals surface area contributed by atoms with Crippen molar-refractivity contribution in [2.45, 2.75) is 57.9 Å². The van der Waals surface area contributed by atoms with Crippen LogP contribution >= 0.6 is 0 Å². The van der Waals surface area contributed by atoms with Crippen molar-refractivity contribution in [1.29, 1.82) is 0 Å². The van der Waals surface area contributed by atoms with Gasteiger partial charge in [0.25, 0.3) is 0 Å². The summed E-state index contributed by atoms with van der Waals surface area (Å²) in [4.78, 5) is 22.9. The fourth-order valence-electron chi connectivity index (χ4n) is 3.18. The predicted molar refractivity (Wildman–Crippen MR) is 88.3 cm³/mol. The maximum Gasteiger partial charge on any atom is 0.226 e. The first kappa shape index (κ1) is 16.7. The molecule has 0 aromatic carbocycles. The van der Waals surface area contributed by atoms with E-state index in [4.69, 9.17) is 4.52 Å². The minimum atomic E-state index is 0.216. The first-order valence-electron chi connectivity index (χ1n) is 8.83. The molecule has 130 valence electrons. The van der Waals surface area contributed by atoms with Crippen molar-refractivity contribution in [3.8, 4) is 0 Å². The van der Waals surface area contributed by atoms with Gasteiger partial charge in [-0.2, -0.15) is 4.98 Å². The third-order valence-corrected chi connectivity index (χ3v) is 4.46. The molecule has 0 spiro atoms. The summed E-state index contributed by atoms with van der Waals surface area (Å²) >= 11 is 0. The second-order valence-electron chi connectivity index (χ2n) is 6.35. The minimum absolute atomic E-state index is 0.216. The van der Waals surface area contributed by atoms with Gasteiger partial charge in [0, 0.05) is 44.7 Å². The molecule has 1 saturated heterocycles. The van der Waals surface area contributed by atoms with E-state index in [0.717, 1.165) is 51.0 Å². The summed E-state index contributed by atoms with van der Waals surface area (Å²) in [7, 11) is 0. The molecular weight excluding hydrogens is 306 g/mol. The van der Waals surface area contributed by atoms with Crippen molar-refractivity contribution >= 4 is 5.91 Å². The van der Waals surface area contributed by atoms with Gasteiger partial charge in [0.15, 0.2) is 5.82 Å². The largest absolute Gasteiger partial charge is 0.341 e. The van der Waals surface area contributed by atoms with E-state index < -0.39 is 0 Å². The standard InChI is InChI=1S/C17H25N5O2/c1-2-5-15-19-16(24-20-15)7-3-8-17(23)21-10-4-6-14(12-21)22-11-9-18-13-22/h9,11,13-14H,2-8,10,12H2,1H3/t14-/m0/s1. The van der Waals surface area contributed by atoms with E-state index in [1.807, 2.05) is 17.4 Å². The molecule has 1 atom stereocenters. The zero-order valence-electron chi connectivity index (χ0n) is 14.2. The highest BCUT2D eigenvalue weighted by Gasteiger charge is 2.24. The van der Waals surface area contributed by atoms with E-state index in [2.05, 4.69) is 26.6 Å². The Kier molecular flexibility index (Phi) is 5.61. The molecule has 0 aliphatic carbocycles. The molecule has 1 amide bonds. The van der Waals surface area contributed by atoms with E-state index in [-0.39, 0.29) is 5.91 Å². The van der Waals surface area contributed by atoms with Crippen LogP contribution in [0.5, 0.6) is 0 Å². The molecule has 2 aromatic heterocycles. The predicted octanol–water partition coefficient (Wildman–Crippen LogP) is 2.41. The maximum absolute atomic E-state index is 12.4. The molecule has 2 aromatic rings. The number of nitrogens with zero attached hydrogens (tertiary/aromatic N) is 5. The Labute approximate surface area is 142 Å². The zero-order valence-corrected chi connectivity index (χ0v) is 14.2. The number of carbonyl (C=O) groups is 1. The van der Waals surface area contributed by atoms with E-state index in [0.29, 0.717) is 24.8 Å². The van der Waals surface area contributed by atoms with Gasteiger partial charge in [0.1, 0.15) is 0 Å². The average molecular weight is 331 g/mol. The summed E-state index contributed by atoms with van der Waals surface area (Å²) in [5, 5.41) is 3.94. The monoisotopic (exact) mass is 331 g/mol. The van der Waals surface area contributed by atoms with E-state index in [1.54, 1.807) is 6.20 Å². The first-order chi connectivity index (χ1) is 11.8. The molecule has 24 heavy (non-hydrogen) atoms. The molecule has 0 bridgehead atoms. The fraction of sp³-hybridized carbons (Fsp3) is 0.647. The highest BCUT2D eigenvalue weighted by atomic mass is 16.5. The van der Waals surface area contributed by atoms with Crippen LogP contribution in [0, 0.1) is 0 Å². The number of amides is 1. The molecule has 0 unspecified atom stereocenters. The molecule has 3 rings (SSSR count). The van der Waals surface area contributed by atoms with Gasteiger partial charge in [0.05, 0.1) is 12.4 Å². The SMILES string of the molecule is CCCc1noc(CCCC(=O)N2CCC[C@H](n3ccnc3)C2)n1. The third kappa shape index (κ3) is 4.21. The van der Waals surface area contributed by atoms with Crippen LogP contribution in [-0.2, 0) is 17.6 Å². The lowest BCUT2D eigenvalue weighted by Gasteiger charge is -2.33. The Balaban J connectivity index is 1.44. The lowest BCUT2D eigenvalue weighted by atomic mass is 10.0. The average Bonchev–Trinajstić information content (AvgIpc) is 3.27. The summed E-state index contributed by atoms with van der Waals surface area (Å²) < 4.78 is 7.32. The van der Waals surface area contributed by atoms with Crippen LogP contribution in [0.4, 0.5) is 0 Å². The number of hydrogen-bond acceptors (Lipinski definition) is 5. The first-order valence-corrected chi connectivity index (χ1v) is 8.83. The number of likely N-dealkylation sites (tertiary alicyclic amines) is 1. The van der Waals surface area contributed by atoms with Gasteiger partial charge in [-0.3, -0.25) is 4.79 Å². The highest BCUT2D eigenvalue weighted by Crippen LogP contribution is 2.22. The van der Waals surface area contributed by atoms with Crippen molar-refractivity contribution in [1.82, 2.24) is 24.6 Å². The molecule has 7 nitrogen and oxygen atoms in total. The normalized spacial score (nSPS) is 18.0. The van der Waals surface area contributed by atoms with Gasteiger partial charge in [-0.1, -0.05) is 12.1 Å². The molecule has 0 saturated carbocycles. The lowest BCUT2D eigenvalue weighted by molar-refractivity contribution is -0.132. The highest BCUT2D eigenvalue weighted by molar-refractivity contribution is 5.76. The van der Waals surface area contributed by atoms with Crippen LogP contribution in [0.1, 0.15) is 56.8 Å². The van der Waals surface area contributed by atoms with Crippen molar-refractivity contribution in [2.24, 2.45) is 0 Å². The summed E-state index contributed by atoms with van der Waals surface area (Å²) in [6.07, 6.45) is 11.5. The second kappa shape index (κ2) is 8.08. The van der Waals surface area contributed by atoms with Crippen LogP contribution in [0.2, 0.25) is 0 Å². The molecule has 1 aliphatic rings. The molecule has 1 aliphatic heterocycles. The van der Waals surface area contributed by atoms with E-state index in [1.165, 1.54) is 0 Å². The Hall–Kier alpha value is -2.18. The number of piperidine rings is 1. The number of carbonyl (C=O) groups excluding carboxylic acids is 1. The van der Waals surface area contributed by atoms with Gasteiger partial charge >= 0.3 is 0 Å². The van der Waals surface area contributed by atoms with Crippen LogP contribution < -0.4 is 0 Å². The van der Waals surface area contributed by atoms with Crippen molar-refractivity contribution in [3.05, 3.63) is 30.4 Å². The van der Waals surface area contributed by atoms with Gasteiger partial charge in [0.2, 0.25) is 11.8 Å². The van der Waals surface area contributed by atoms with Gasteiger partial charge in [-0.15, -0.1) is 0 Å². The number of hydrogen-bond donors (Lipinski definition) is 0. The maximum atomic E-state index is 12.4. The Morgan fingerprint density at radius 2 is 2.33 bits per heavy atom. The topological polar surface area (TPSA) is 77.0 Å². The van der Waals surface area contributed by atoms with Crippen molar-refractivity contribution in [2.75, 3.05) is 13.1 Å². The fourth-order valence-corrected chi connectivity index (χ4v) is 3.18. The van der Waals surface area contributed by atoms with Gasteiger partial charge in [-0.25, -0.2) is 4.98 Å². The van der Waals surface area contributed by atoms with Crippen LogP contribution in [0.3, 0.4) is 0 Å². The molecule has 7 heteroatoms. The smallest absolute Gasteiger partial charge is 0.226 e. The summed E-state index contributed by atoms with van der Waals surface area (Å²) in [6.45, 7) is 3.71. The van der Waals surface area contributed by atoms with E-state index in [9.17, 15) is 4.79 Å². The number of imidazole rings is 1. The quantitative estimate of drug-likeness (QED) is 0.778. The van der Waals surface area contributed by atoms with Gasteiger partial charge in [-0.05, 0) is 25.7 Å². The lowest BCUT2D eigenvalue weighted by Crippen LogP contribution is -2.40. The number of rotatable bonds is 7. The Bertz CT molecular complexity index is 637. The minimum Gasteiger partial charge on any atom is -0.341 e. The van der Waals surface area contributed by atoms with Crippen LogP contribution in [0.25, 0.3) is 0 Å². The van der Waals surface area contributed by atoms with E-state index >= 15 is 0 Å². The van der Waals surface area contributed by atoms with Crippen molar-refractivity contribution in [3.63, 3.8) is 0 Å². The molecule has 3 heterocycles. The Morgan fingerprint density at radius 1 is 1.42 bits per heavy atom. The Morgan fingerprint density at radius 3 is 3.12 bits per heavy atom. The van der Waals surface area contributed by atoms with Gasteiger partial charge < -0.3 is 14.0 Å².